The maximum Gasteiger partial charge on any atom is 0.347 e. The molecule has 0 aliphatic rings. The van der Waals surface area contributed by atoms with E-state index in [0.717, 1.165) is 18.4 Å². The van der Waals surface area contributed by atoms with Crippen LogP contribution in [0.25, 0.3) is 0 Å². The third-order valence-corrected chi connectivity index (χ3v) is 5.02. The van der Waals surface area contributed by atoms with Crippen LogP contribution in [0, 0.1) is 11.6 Å². The summed E-state index contributed by atoms with van der Waals surface area (Å²) in [5, 5.41) is 0. The average molecular weight is 290 g/mol. The molecular weight excluding hydrogens is 284 g/mol. The van der Waals surface area contributed by atoms with Gasteiger partial charge in [-0.2, -0.15) is 8.42 Å². The molecule has 1 rings (SSSR count). The molecule has 0 saturated carbocycles. The quantitative estimate of drug-likeness (QED) is 0.781. The molecule has 0 saturated heterocycles. The summed E-state index contributed by atoms with van der Waals surface area (Å²) in [6.45, 7) is 0. The Labute approximate surface area is 96.0 Å². The third kappa shape index (κ3) is 3.39. The van der Waals surface area contributed by atoms with Crippen molar-refractivity contribution in [2.24, 2.45) is 3.77 Å². The minimum absolute atomic E-state index is 0.614. The molecule has 4 nitrogen and oxygen atoms in total. The summed E-state index contributed by atoms with van der Waals surface area (Å²) in [6.07, 6.45) is 0.852. The molecule has 90 valence electrons. The van der Waals surface area contributed by atoms with Crippen molar-refractivity contribution >= 4 is 29.6 Å². The van der Waals surface area contributed by atoms with Gasteiger partial charge in [0.1, 0.15) is 11.6 Å². The molecule has 0 unspecified atom stereocenters. The van der Waals surface area contributed by atoms with Gasteiger partial charge >= 0.3 is 9.24 Å². The van der Waals surface area contributed by atoms with Gasteiger partial charge in [0, 0.05) is 16.9 Å². The first-order valence-electron chi connectivity index (χ1n) is 3.75. The Hall–Kier alpha value is -0.730. The van der Waals surface area contributed by atoms with E-state index < -0.39 is 35.5 Å². The zero-order valence-electron chi connectivity index (χ0n) is 7.85. The number of nitrogens with zero attached hydrogens (tertiary/aromatic N) is 1. The second-order valence-electron chi connectivity index (χ2n) is 2.86. The van der Waals surface area contributed by atoms with Crippen molar-refractivity contribution < 1.29 is 21.4 Å². The van der Waals surface area contributed by atoms with Gasteiger partial charge in [0.15, 0.2) is 0 Å². The minimum Gasteiger partial charge on any atom is -0.244 e. The largest absolute Gasteiger partial charge is 0.347 e. The molecule has 0 aliphatic carbocycles. The van der Waals surface area contributed by atoms with Crippen molar-refractivity contribution in [2.45, 2.75) is 4.90 Å². The Morgan fingerprint density at radius 1 is 1.25 bits per heavy atom. The standard InChI is InChI=1S/C7H6ClF2NO3S2/c1-15(12,11-16(8,13)14)7-4-5(9)2-3-6(7)10/h2-4H,1H3/t15-/m0/s1. The van der Waals surface area contributed by atoms with E-state index in [0.29, 0.717) is 6.07 Å². The SMILES string of the molecule is C[S@@](=O)(=NS(=O)(=O)Cl)c1cc(F)ccc1F. The van der Waals surface area contributed by atoms with E-state index in [2.05, 4.69) is 3.77 Å². The Kier molecular flexibility index (Phi) is 3.56. The fourth-order valence-electron chi connectivity index (χ4n) is 0.977. The lowest BCUT2D eigenvalue weighted by Gasteiger charge is -2.04. The fourth-order valence-corrected chi connectivity index (χ4v) is 4.39. The number of hydrogen-bond acceptors (Lipinski definition) is 3. The molecule has 0 radical (unpaired) electrons. The van der Waals surface area contributed by atoms with E-state index in [9.17, 15) is 21.4 Å². The molecular formula is C7H6ClF2NO3S2. The average Bonchev–Trinajstić information content (AvgIpc) is 2.04. The highest BCUT2D eigenvalue weighted by molar-refractivity contribution is 8.17. The summed E-state index contributed by atoms with van der Waals surface area (Å²) in [4.78, 5) is -0.642. The first-order chi connectivity index (χ1) is 7.12. The van der Waals surface area contributed by atoms with Gasteiger partial charge in [-0.05, 0) is 18.2 Å². The zero-order chi connectivity index (χ0) is 12.6. The molecule has 0 bridgehead atoms. The fraction of sp³-hybridized carbons (Fsp3) is 0.143. The predicted octanol–water partition coefficient (Wildman–Crippen LogP) is 1.91. The van der Waals surface area contributed by atoms with Gasteiger partial charge in [-0.1, -0.05) is 3.77 Å². The summed E-state index contributed by atoms with van der Waals surface area (Å²) in [5.74, 6) is -1.87. The van der Waals surface area contributed by atoms with E-state index in [1.165, 1.54) is 0 Å². The summed E-state index contributed by atoms with van der Waals surface area (Å²) in [6, 6.07) is 2.15. The van der Waals surface area contributed by atoms with E-state index in [1.54, 1.807) is 0 Å². The van der Waals surface area contributed by atoms with E-state index in [4.69, 9.17) is 10.7 Å². The van der Waals surface area contributed by atoms with Crippen LogP contribution in [0.2, 0.25) is 0 Å². The molecule has 0 fully saturated rings. The van der Waals surface area contributed by atoms with Crippen LogP contribution >= 0.6 is 10.7 Å². The summed E-state index contributed by atoms with van der Waals surface area (Å²) >= 11 is 0. The van der Waals surface area contributed by atoms with Crippen LogP contribution in [-0.2, 0) is 19.0 Å². The Morgan fingerprint density at radius 2 is 1.81 bits per heavy atom. The van der Waals surface area contributed by atoms with Gasteiger partial charge in [-0.3, -0.25) is 0 Å². The molecule has 1 atom stereocenters. The molecule has 16 heavy (non-hydrogen) atoms. The van der Waals surface area contributed by atoms with Crippen molar-refractivity contribution in [2.75, 3.05) is 6.26 Å². The Morgan fingerprint density at radius 3 is 2.31 bits per heavy atom. The topological polar surface area (TPSA) is 63.6 Å². The summed E-state index contributed by atoms with van der Waals surface area (Å²) in [5.41, 5.74) is 0. The lowest BCUT2D eigenvalue weighted by atomic mass is 10.3. The van der Waals surface area contributed by atoms with Gasteiger partial charge in [0.05, 0.1) is 14.6 Å². The highest BCUT2D eigenvalue weighted by Crippen LogP contribution is 2.19. The van der Waals surface area contributed by atoms with Crippen LogP contribution in [0.5, 0.6) is 0 Å². The molecule has 0 spiro atoms. The lowest BCUT2D eigenvalue weighted by Crippen LogP contribution is -2.03. The highest BCUT2D eigenvalue weighted by Gasteiger charge is 2.16. The maximum atomic E-state index is 13.2. The molecule has 0 heterocycles. The van der Waals surface area contributed by atoms with E-state index >= 15 is 0 Å². The molecule has 0 aliphatic heterocycles. The van der Waals surface area contributed by atoms with Crippen LogP contribution in [0.3, 0.4) is 0 Å². The number of hydrogen-bond donors (Lipinski definition) is 0. The van der Waals surface area contributed by atoms with E-state index in [-0.39, 0.29) is 0 Å². The van der Waals surface area contributed by atoms with Crippen molar-refractivity contribution in [3.8, 4) is 0 Å². The van der Waals surface area contributed by atoms with E-state index in [1.807, 2.05) is 0 Å². The van der Waals surface area contributed by atoms with Gasteiger partial charge in [0.25, 0.3) is 0 Å². The molecule has 1 aromatic rings. The van der Waals surface area contributed by atoms with Crippen molar-refractivity contribution in [3.63, 3.8) is 0 Å². The molecule has 9 heteroatoms. The monoisotopic (exact) mass is 289 g/mol. The predicted molar refractivity (Wildman–Crippen MR) is 55.9 cm³/mol. The van der Waals surface area contributed by atoms with Crippen molar-refractivity contribution in [1.82, 2.24) is 0 Å². The normalized spacial score (nSPS) is 15.5. The number of rotatable bonds is 2. The van der Waals surface area contributed by atoms with Crippen LogP contribution in [0.15, 0.2) is 26.9 Å². The van der Waals surface area contributed by atoms with Gasteiger partial charge in [-0.25, -0.2) is 13.0 Å². The Balaban J connectivity index is 3.57. The first kappa shape index (κ1) is 13.3. The van der Waals surface area contributed by atoms with Crippen molar-refractivity contribution in [3.05, 3.63) is 29.8 Å². The molecule has 0 amide bonds. The van der Waals surface area contributed by atoms with Crippen molar-refractivity contribution in [1.29, 1.82) is 0 Å². The maximum absolute atomic E-state index is 13.2. The van der Waals surface area contributed by atoms with Gasteiger partial charge in [-0.15, -0.1) is 0 Å². The van der Waals surface area contributed by atoms with Crippen LogP contribution in [0.1, 0.15) is 0 Å². The van der Waals surface area contributed by atoms with Crippen LogP contribution in [0.4, 0.5) is 8.78 Å². The van der Waals surface area contributed by atoms with Gasteiger partial charge in [0.2, 0.25) is 0 Å². The lowest BCUT2D eigenvalue weighted by molar-refractivity contribution is 0.571. The third-order valence-electron chi connectivity index (χ3n) is 1.53. The second kappa shape index (κ2) is 4.27. The number of halogens is 3. The summed E-state index contributed by atoms with van der Waals surface area (Å²) < 4.78 is 61.7. The second-order valence-corrected chi connectivity index (χ2v) is 7.50. The Bertz CT molecular complexity index is 635. The zero-order valence-corrected chi connectivity index (χ0v) is 10.2. The van der Waals surface area contributed by atoms with Gasteiger partial charge < -0.3 is 0 Å². The van der Waals surface area contributed by atoms with Crippen LogP contribution in [-0.4, -0.2) is 18.9 Å². The highest BCUT2D eigenvalue weighted by atomic mass is 35.7. The molecule has 0 aromatic heterocycles. The number of benzene rings is 1. The minimum atomic E-state index is -4.43. The summed E-state index contributed by atoms with van der Waals surface area (Å²) in [7, 11) is -3.29. The van der Waals surface area contributed by atoms with Crippen LogP contribution < -0.4 is 0 Å². The molecule has 1 aromatic carbocycles. The first-order valence-corrected chi connectivity index (χ1v) is 7.94. The molecule has 0 N–H and O–H groups in total. The smallest absolute Gasteiger partial charge is 0.244 e.